The minimum absolute atomic E-state index is 0.0463. The SMILES string of the molecule is CCOC(=O)C(N)C(=O)NCCC(=O)N(CC)CC. The minimum atomic E-state index is -1.34. The highest BCUT2D eigenvalue weighted by Crippen LogP contribution is 1.93. The Morgan fingerprint density at radius 1 is 1.21 bits per heavy atom. The molecule has 7 nitrogen and oxygen atoms in total. The Bertz CT molecular complexity index is 316. The number of esters is 1. The zero-order valence-corrected chi connectivity index (χ0v) is 11.8. The van der Waals surface area contributed by atoms with Crippen LogP contribution in [0.25, 0.3) is 0 Å². The standard InChI is InChI=1S/C12H23N3O4/c1-4-15(5-2)9(16)7-8-14-11(17)10(13)12(18)19-6-3/h10H,4-8,13H2,1-3H3,(H,14,17). The summed E-state index contributed by atoms with van der Waals surface area (Å²) in [5, 5.41) is 2.44. The van der Waals surface area contributed by atoms with Crippen LogP contribution >= 0.6 is 0 Å². The van der Waals surface area contributed by atoms with E-state index in [9.17, 15) is 14.4 Å². The van der Waals surface area contributed by atoms with Crippen molar-refractivity contribution in [1.82, 2.24) is 10.2 Å². The predicted octanol–water partition coefficient (Wildman–Crippen LogP) is -0.748. The van der Waals surface area contributed by atoms with Gasteiger partial charge in [-0.05, 0) is 20.8 Å². The predicted molar refractivity (Wildman–Crippen MR) is 70.2 cm³/mol. The van der Waals surface area contributed by atoms with Gasteiger partial charge in [-0.1, -0.05) is 0 Å². The van der Waals surface area contributed by atoms with E-state index in [0.29, 0.717) is 13.1 Å². The molecule has 0 rings (SSSR count). The summed E-state index contributed by atoms with van der Waals surface area (Å²) in [6.07, 6.45) is 0.183. The highest BCUT2D eigenvalue weighted by Gasteiger charge is 2.23. The Balaban J connectivity index is 4.04. The van der Waals surface area contributed by atoms with Gasteiger partial charge in [0.1, 0.15) is 0 Å². The summed E-state index contributed by atoms with van der Waals surface area (Å²) in [6, 6.07) is -1.34. The van der Waals surface area contributed by atoms with Crippen molar-refractivity contribution in [1.29, 1.82) is 0 Å². The Morgan fingerprint density at radius 3 is 2.26 bits per heavy atom. The van der Waals surface area contributed by atoms with E-state index in [1.165, 1.54) is 0 Å². The highest BCUT2D eigenvalue weighted by atomic mass is 16.5. The molecule has 0 aliphatic carbocycles. The van der Waals surface area contributed by atoms with Crippen molar-refractivity contribution in [3.63, 3.8) is 0 Å². The van der Waals surface area contributed by atoms with Gasteiger partial charge in [0.05, 0.1) is 6.61 Å². The second-order valence-corrected chi connectivity index (χ2v) is 3.84. The van der Waals surface area contributed by atoms with E-state index in [1.807, 2.05) is 13.8 Å². The van der Waals surface area contributed by atoms with Crippen LogP contribution in [-0.4, -0.2) is 55.0 Å². The lowest BCUT2D eigenvalue weighted by Crippen LogP contribution is -2.47. The van der Waals surface area contributed by atoms with Gasteiger partial charge in [0, 0.05) is 26.1 Å². The van der Waals surface area contributed by atoms with Crippen molar-refractivity contribution in [2.24, 2.45) is 5.73 Å². The first-order valence-electron chi connectivity index (χ1n) is 6.45. The maximum Gasteiger partial charge on any atom is 0.332 e. The van der Waals surface area contributed by atoms with Crippen LogP contribution in [0, 0.1) is 0 Å². The Labute approximate surface area is 113 Å². The van der Waals surface area contributed by atoms with Crippen LogP contribution in [0.4, 0.5) is 0 Å². The van der Waals surface area contributed by atoms with Crippen LogP contribution in [0.3, 0.4) is 0 Å². The molecule has 0 saturated carbocycles. The van der Waals surface area contributed by atoms with Gasteiger partial charge >= 0.3 is 5.97 Å². The third-order valence-electron chi connectivity index (χ3n) is 2.58. The van der Waals surface area contributed by atoms with Crippen molar-refractivity contribution in [2.45, 2.75) is 33.2 Å². The van der Waals surface area contributed by atoms with Gasteiger partial charge in [-0.25, -0.2) is 4.79 Å². The average Bonchev–Trinajstić information content (AvgIpc) is 2.39. The van der Waals surface area contributed by atoms with Gasteiger partial charge in [0.15, 0.2) is 6.04 Å². The first kappa shape index (κ1) is 17.4. The van der Waals surface area contributed by atoms with Crippen LogP contribution in [0.15, 0.2) is 0 Å². The molecule has 0 bridgehead atoms. The molecule has 0 heterocycles. The molecule has 7 heteroatoms. The minimum Gasteiger partial charge on any atom is -0.464 e. The molecule has 3 N–H and O–H groups in total. The van der Waals surface area contributed by atoms with Gasteiger partial charge < -0.3 is 20.7 Å². The topological polar surface area (TPSA) is 102 Å². The lowest BCUT2D eigenvalue weighted by Gasteiger charge is -2.18. The van der Waals surface area contributed by atoms with Gasteiger partial charge in [0.2, 0.25) is 11.8 Å². The molecule has 0 aliphatic rings. The Kier molecular flexibility index (Phi) is 8.52. The van der Waals surface area contributed by atoms with Crippen LogP contribution in [0.2, 0.25) is 0 Å². The van der Waals surface area contributed by atoms with Crippen LogP contribution < -0.4 is 11.1 Å². The van der Waals surface area contributed by atoms with Gasteiger partial charge in [-0.3, -0.25) is 9.59 Å². The third-order valence-corrected chi connectivity index (χ3v) is 2.58. The van der Waals surface area contributed by atoms with Crippen LogP contribution in [0.1, 0.15) is 27.2 Å². The molecular formula is C12H23N3O4. The fourth-order valence-electron chi connectivity index (χ4n) is 1.48. The van der Waals surface area contributed by atoms with Gasteiger partial charge in [-0.15, -0.1) is 0 Å². The molecule has 2 amide bonds. The van der Waals surface area contributed by atoms with E-state index >= 15 is 0 Å². The first-order valence-corrected chi connectivity index (χ1v) is 6.45. The molecule has 110 valence electrons. The number of ether oxygens (including phenoxy) is 1. The second-order valence-electron chi connectivity index (χ2n) is 3.84. The molecule has 0 aromatic heterocycles. The number of carbonyl (C=O) groups excluding carboxylic acids is 3. The van der Waals surface area contributed by atoms with E-state index in [-0.39, 0.29) is 25.5 Å². The monoisotopic (exact) mass is 273 g/mol. The van der Waals surface area contributed by atoms with Gasteiger partial charge in [-0.2, -0.15) is 0 Å². The molecule has 0 radical (unpaired) electrons. The number of nitrogens with two attached hydrogens (primary N) is 1. The van der Waals surface area contributed by atoms with Crippen molar-refractivity contribution in [2.75, 3.05) is 26.2 Å². The summed E-state index contributed by atoms with van der Waals surface area (Å²) in [6.45, 7) is 6.98. The fourth-order valence-corrected chi connectivity index (χ4v) is 1.48. The lowest BCUT2D eigenvalue weighted by atomic mass is 10.3. The molecule has 1 atom stereocenters. The molecule has 1 unspecified atom stereocenters. The molecule has 0 fully saturated rings. The zero-order chi connectivity index (χ0) is 14.8. The van der Waals surface area contributed by atoms with Crippen molar-refractivity contribution >= 4 is 17.8 Å². The van der Waals surface area contributed by atoms with Crippen LogP contribution in [0.5, 0.6) is 0 Å². The summed E-state index contributed by atoms with van der Waals surface area (Å²) in [5.74, 6) is -1.45. The van der Waals surface area contributed by atoms with Crippen molar-refractivity contribution in [3.8, 4) is 0 Å². The largest absolute Gasteiger partial charge is 0.464 e. The number of carbonyl (C=O) groups is 3. The molecule has 0 saturated heterocycles. The number of nitrogens with one attached hydrogen (secondary N) is 1. The average molecular weight is 273 g/mol. The molecule has 19 heavy (non-hydrogen) atoms. The number of hydrogen-bond donors (Lipinski definition) is 2. The van der Waals surface area contributed by atoms with E-state index in [0.717, 1.165) is 0 Å². The Hall–Kier alpha value is -1.63. The summed E-state index contributed by atoms with van der Waals surface area (Å²) >= 11 is 0. The lowest BCUT2D eigenvalue weighted by molar-refractivity contribution is -0.147. The van der Waals surface area contributed by atoms with E-state index in [4.69, 9.17) is 5.73 Å². The fraction of sp³-hybridized carbons (Fsp3) is 0.750. The number of hydrogen-bond acceptors (Lipinski definition) is 5. The normalized spacial score (nSPS) is 11.6. The van der Waals surface area contributed by atoms with Crippen molar-refractivity contribution in [3.05, 3.63) is 0 Å². The molecule has 0 spiro atoms. The Morgan fingerprint density at radius 2 is 1.79 bits per heavy atom. The maximum absolute atomic E-state index is 11.6. The maximum atomic E-state index is 11.6. The number of nitrogens with zero attached hydrogens (tertiary/aromatic N) is 1. The summed E-state index contributed by atoms with van der Waals surface area (Å²) in [4.78, 5) is 36.0. The second kappa shape index (κ2) is 9.32. The zero-order valence-electron chi connectivity index (χ0n) is 11.8. The third kappa shape index (κ3) is 6.19. The van der Waals surface area contributed by atoms with Crippen molar-refractivity contribution < 1.29 is 19.1 Å². The van der Waals surface area contributed by atoms with Gasteiger partial charge in [0.25, 0.3) is 0 Å². The molecular weight excluding hydrogens is 250 g/mol. The van der Waals surface area contributed by atoms with Crippen LogP contribution in [-0.2, 0) is 19.1 Å². The molecule has 0 aromatic rings. The number of rotatable bonds is 8. The summed E-state index contributed by atoms with van der Waals surface area (Å²) < 4.78 is 4.63. The summed E-state index contributed by atoms with van der Waals surface area (Å²) in [7, 11) is 0. The van der Waals surface area contributed by atoms with E-state index in [2.05, 4.69) is 10.1 Å². The van der Waals surface area contributed by atoms with E-state index in [1.54, 1.807) is 11.8 Å². The number of amides is 2. The molecule has 0 aliphatic heterocycles. The smallest absolute Gasteiger partial charge is 0.332 e. The summed E-state index contributed by atoms with van der Waals surface area (Å²) in [5.41, 5.74) is 5.39. The molecule has 0 aromatic carbocycles. The first-order chi connectivity index (χ1) is 8.97. The quantitative estimate of drug-likeness (QED) is 0.447. The highest BCUT2D eigenvalue weighted by molar-refractivity contribution is 6.01. The van der Waals surface area contributed by atoms with E-state index < -0.39 is 17.9 Å².